The quantitative estimate of drug-likeness (QED) is 0.808. The molecule has 0 aromatic carbocycles. The van der Waals surface area contributed by atoms with Crippen molar-refractivity contribution in [2.24, 2.45) is 0 Å². The molecule has 2 fully saturated rings. The first kappa shape index (κ1) is 14.3. The van der Waals surface area contributed by atoms with Crippen LogP contribution in [0.5, 0.6) is 0 Å². The third-order valence-electron chi connectivity index (χ3n) is 4.80. The standard InChI is InChI=1S/C15H31N3/c1-4-8-15(9-6-10-16-15)13-18-11-5-7-14(12-18)17(2)3/h14,16H,4-13H2,1-3H3. The molecule has 2 rings (SSSR count). The molecule has 3 nitrogen and oxygen atoms in total. The van der Waals surface area contributed by atoms with Gasteiger partial charge in [0.15, 0.2) is 0 Å². The topological polar surface area (TPSA) is 18.5 Å². The summed E-state index contributed by atoms with van der Waals surface area (Å²) in [5, 5.41) is 3.81. The molecule has 106 valence electrons. The van der Waals surface area contributed by atoms with Crippen LogP contribution in [0, 0.1) is 0 Å². The third kappa shape index (κ3) is 3.46. The van der Waals surface area contributed by atoms with Crippen LogP contribution in [0.3, 0.4) is 0 Å². The van der Waals surface area contributed by atoms with Gasteiger partial charge >= 0.3 is 0 Å². The van der Waals surface area contributed by atoms with E-state index in [1.54, 1.807) is 0 Å². The van der Waals surface area contributed by atoms with Crippen molar-refractivity contribution in [2.45, 2.75) is 57.0 Å². The lowest BCUT2D eigenvalue weighted by Gasteiger charge is -2.41. The van der Waals surface area contributed by atoms with Crippen molar-refractivity contribution < 1.29 is 0 Å². The zero-order valence-corrected chi connectivity index (χ0v) is 12.5. The first-order chi connectivity index (χ1) is 8.65. The molecule has 2 aliphatic heterocycles. The number of likely N-dealkylation sites (tertiary alicyclic amines) is 1. The maximum Gasteiger partial charge on any atom is 0.0309 e. The molecule has 18 heavy (non-hydrogen) atoms. The summed E-state index contributed by atoms with van der Waals surface area (Å²) in [6.45, 7) is 7.38. The van der Waals surface area contributed by atoms with Crippen LogP contribution in [0.2, 0.25) is 0 Å². The van der Waals surface area contributed by atoms with Gasteiger partial charge in [-0.3, -0.25) is 4.90 Å². The molecule has 2 saturated heterocycles. The number of rotatable bonds is 5. The van der Waals surface area contributed by atoms with E-state index in [9.17, 15) is 0 Å². The van der Waals surface area contributed by atoms with Crippen LogP contribution in [-0.4, -0.2) is 61.7 Å². The van der Waals surface area contributed by atoms with Crippen molar-refractivity contribution in [1.29, 1.82) is 0 Å². The molecule has 3 heteroatoms. The summed E-state index contributed by atoms with van der Waals surface area (Å²) in [6.07, 6.45) is 8.13. The highest BCUT2D eigenvalue weighted by molar-refractivity contribution is 4.96. The Balaban J connectivity index is 1.90. The predicted octanol–water partition coefficient (Wildman–Crippen LogP) is 1.93. The van der Waals surface area contributed by atoms with Crippen LogP contribution >= 0.6 is 0 Å². The van der Waals surface area contributed by atoms with E-state index in [0.717, 1.165) is 6.04 Å². The summed E-state index contributed by atoms with van der Waals surface area (Å²) in [5.41, 5.74) is 0.433. The highest BCUT2D eigenvalue weighted by atomic mass is 15.2. The van der Waals surface area contributed by atoms with E-state index in [-0.39, 0.29) is 0 Å². The molecule has 2 unspecified atom stereocenters. The van der Waals surface area contributed by atoms with Gasteiger partial charge in [-0.15, -0.1) is 0 Å². The van der Waals surface area contributed by atoms with Gasteiger partial charge in [0, 0.05) is 24.7 Å². The highest BCUT2D eigenvalue weighted by Crippen LogP contribution is 2.27. The number of hydrogen-bond donors (Lipinski definition) is 1. The fourth-order valence-electron chi connectivity index (χ4n) is 3.80. The lowest BCUT2D eigenvalue weighted by molar-refractivity contribution is 0.102. The molecule has 0 amide bonds. The summed E-state index contributed by atoms with van der Waals surface area (Å²) in [4.78, 5) is 5.11. The van der Waals surface area contributed by atoms with Crippen molar-refractivity contribution in [2.75, 3.05) is 40.3 Å². The van der Waals surface area contributed by atoms with Gasteiger partial charge in [0.05, 0.1) is 0 Å². The van der Waals surface area contributed by atoms with Gasteiger partial charge in [0.1, 0.15) is 0 Å². The van der Waals surface area contributed by atoms with E-state index in [1.807, 2.05) is 0 Å². The summed E-state index contributed by atoms with van der Waals surface area (Å²) < 4.78 is 0. The van der Waals surface area contributed by atoms with Gasteiger partial charge < -0.3 is 10.2 Å². The largest absolute Gasteiger partial charge is 0.310 e. The van der Waals surface area contributed by atoms with E-state index < -0.39 is 0 Å². The summed E-state index contributed by atoms with van der Waals surface area (Å²) in [7, 11) is 4.45. The Bertz CT molecular complexity index is 246. The van der Waals surface area contributed by atoms with Crippen molar-refractivity contribution in [1.82, 2.24) is 15.1 Å². The first-order valence-electron chi connectivity index (χ1n) is 7.79. The maximum absolute atomic E-state index is 3.81. The van der Waals surface area contributed by atoms with Crippen molar-refractivity contribution in [3.63, 3.8) is 0 Å². The summed E-state index contributed by atoms with van der Waals surface area (Å²) in [6, 6.07) is 0.763. The van der Waals surface area contributed by atoms with Gasteiger partial charge in [0.2, 0.25) is 0 Å². The van der Waals surface area contributed by atoms with E-state index in [4.69, 9.17) is 0 Å². The Hall–Kier alpha value is -0.120. The minimum Gasteiger partial charge on any atom is -0.310 e. The molecule has 2 atom stereocenters. The van der Waals surface area contributed by atoms with Crippen LogP contribution in [0.4, 0.5) is 0 Å². The van der Waals surface area contributed by atoms with Crippen molar-refractivity contribution in [3.05, 3.63) is 0 Å². The molecule has 0 aromatic heterocycles. The lowest BCUT2D eigenvalue weighted by atomic mass is 9.90. The van der Waals surface area contributed by atoms with Crippen molar-refractivity contribution >= 4 is 0 Å². The predicted molar refractivity (Wildman–Crippen MR) is 78.0 cm³/mol. The van der Waals surface area contributed by atoms with Crippen LogP contribution < -0.4 is 5.32 Å². The summed E-state index contributed by atoms with van der Waals surface area (Å²) in [5.74, 6) is 0. The number of nitrogens with one attached hydrogen (secondary N) is 1. The molecule has 0 bridgehead atoms. The highest BCUT2D eigenvalue weighted by Gasteiger charge is 2.35. The second kappa shape index (κ2) is 6.36. The number of nitrogens with zero attached hydrogens (tertiary/aromatic N) is 2. The van der Waals surface area contributed by atoms with E-state index in [0.29, 0.717) is 5.54 Å². The minimum absolute atomic E-state index is 0.433. The Morgan fingerprint density at radius 2 is 2.17 bits per heavy atom. The van der Waals surface area contributed by atoms with Crippen LogP contribution in [0.25, 0.3) is 0 Å². The molecule has 0 saturated carbocycles. The molecule has 2 heterocycles. The Kier molecular flexibility index (Phi) is 5.05. The molecular weight excluding hydrogens is 222 g/mol. The molecule has 0 aliphatic carbocycles. The van der Waals surface area contributed by atoms with E-state index in [1.165, 1.54) is 64.7 Å². The molecule has 0 radical (unpaired) electrons. The number of hydrogen-bond acceptors (Lipinski definition) is 3. The maximum atomic E-state index is 3.81. The fourth-order valence-corrected chi connectivity index (χ4v) is 3.80. The molecule has 2 aliphatic rings. The van der Waals surface area contributed by atoms with Gasteiger partial charge in [-0.05, 0) is 59.3 Å². The number of piperidine rings is 1. The van der Waals surface area contributed by atoms with E-state index in [2.05, 4.69) is 36.1 Å². The Morgan fingerprint density at radius 1 is 1.33 bits per heavy atom. The van der Waals surface area contributed by atoms with Crippen LogP contribution in [-0.2, 0) is 0 Å². The lowest BCUT2D eigenvalue weighted by Crippen LogP contribution is -2.54. The van der Waals surface area contributed by atoms with E-state index >= 15 is 0 Å². The van der Waals surface area contributed by atoms with Gasteiger partial charge in [-0.1, -0.05) is 13.3 Å². The van der Waals surface area contributed by atoms with Crippen LogP contribution in [0.15, 0.2) is 0 Å². The van der Waals surface area contributed by atoms with Gasteiger partial charge in [-0.25, -0.2) is 0 Å². The first-order valence-corrected chi connectivity index (χ1v) is 7.79. The number of likely N-dealkylation sites (N-methyl/N-ethyl adjacent to an activating group) is 1. The molecule has 0 aromatic rings. The fraction of sp³-hybridized carbons (Fsp3) is 1.00. The Labute approximate surface area is 113 Å². The average Bonchev–Trinajstić information content (AvgIpc) is 2.78. The second-order valence-corrected chi connectivity index (χ2v) is 6.56. The second-order valence-electron chi connectivity index (χ2n) is 6.56. The minimum atomic E-state index is 0.433. The third-order valence-corrected chi connectivity index (χ3v) is 4.80. The zero-order chi connectivity index (χ0) is 13.0. The Morgan fingerprint density at radius 3 is 2.78 bits per heavy atom. The zero-order valence-electron chi connectivity index (χ0n) is 12.5. The van der Waals surface area contributed by atoms with Crippen molar-refractivity contribution in [3.8, 4) is 0 Å². The summed E-state index contributed by atoms with van der Waals surface area (Å²) >= 11 is 0. The molecule has 0 spiro atoms. The van der Waals surface area contributed by atoms with Gasteiger partial charge in [-0.2, -0.15) is 0 Å². The average molecular weight is 253 g/mol. The SMILES string of the molecule is CCCC1(CN2CCCC(N(C)C)C2)CCCN1. The normalized spacial score (nSPS) is 34.3. The molecular formula is C15H31N3. The monoisotopic (exact) mass is 253 g/mol. The van der Waals surface area contributed by atoms with Crippen LogP contribution in [0.1, 0.15) is 45.4 Å². The smallest absolute Gasteiger partial charge is 0.0309 e. The molecule has 1 N–H and O–H groups in total. The van der Waals surface area contributed by atoms with Gasteiger partial charge in [0.25, 0.3) is 0 Å².